The fraction of sp³-hybridized carbons (Fsp3) is 0.364. The van der Waals surface area contributed by atoms with Gasteiger partial charge in [-0.1, -0.05) is 6.07 Å². The first kappa shape index (κ1) is 32.0. The van der Waals surface area contributed by atoms with Crippen LogP contribution >= 0.6 is 0 Å². The highest BCUT2D eigenvalue weighted by Gasteiger charge is 2.29. The summed E-state index contributed by atoms with van der Waals surface area (Å²) in [5.41, 5.74) is 3.82. The van der Waals surface area contributed by atoms with E-state index in [1.54, 1.807) is 58.8 Å². The van der Waals surface area contributed by atoms with Crippen LogP contribution in [0.15, 0.2) is 47.3 Å². The average Bonchev–Trinajstić information content (AvgIpc) is 3.26. The first-order valence-corrected chi connectivity index (χ1v) is 14.3. The number of carbonyl (C=O) groups excluding carboxylic acids is 2. The molecular weight excluding hydrogens is 566 g/mol. The van der Waals surface area contributed by atoms with Gasteiger partial charge in [0.1, 0.15) is 11.5 Å². The van der Waals surface area contributed by atoms with Crippen molar-refractivity contribution in [2.24, 2.45) is 0 Å². The Bertz CT molecular complexity index is 1590. The van der Waals surface area contributed by atoms with Crippen molar-refractivity contribution in [3.05, 3.63) is 63.8 Å². The molecule has 0 unspecified atom stereocenters. The Morgan fingerprint density at radius 3 is 2.23 bits per heavy atom. The summed E-state index contributed by atoms with van der Waals surface area (Å²) in [6, 6.07) is 11.8. The number of anilines is 2. The number of aryl methyl sites for hydroxylation is 1. The van der Waals surface area contributed by atoms with Crippen LogP contribution in [0.1, 0.15) is 43.4 Å². The molecule has 0 aliphatic heterocycles. The van der Waals surface area contributed by atoms with E-state index < -0.39 is 6.04 Å². The molecule has 234 valence electrons. The molecule has 3 N–H and O–H groups in total. The zero-order valence-electron chi connectivity index (χ0n) is 25.9. The maximum Gasteiger partial charge on any atom is 0.224 e. The number of methoxy groups -OCH3 is 5. The zero-order valence-corrected chi connectivity index (χ0v) is 25.9. The SMILES string of the molecule is COc1ccc(NC(=O)CCCNc2ccc3c(cc2=O)[C@H](NC(C)=O)CCc2cc(OC)c(OC)c(OC)c2-3)c(OC)c1. The first-order valence-electron chi connectivity index (χ1n) is 14.3. The van der Waals surface area contributed by atoms with Crippen LogP contribution in [0.25, 0.3) is 11.1 Å². The Labute approximate surface area is 256 Å². The molecular formula is C33H39N3O8. The van der Waals surface area contributed by atoms with Gasteiger partial charge in [-0.2, -0.15) is 0 Å². The molecule has 0 fully saturated rings. The number of ether oxygens (including phenoxy) is 5. The molecule has 1 aliphatic rings. The summed E-state index contributed by atoms with van der Waals surface area (Å²) in [5, 5.41) is 9.04. The Balaban J connectivity index is 1.59. The van der Waals surface area contributed by atoms with Crippen LogP contribution in [0.2, 0.25) is 0 Å². The van der Waals surface area contributed by atoms with Gasteiger partial charge in [-0.25, -0.2) is 0 Å². The Hall–Kier alpha value is -4.93. The highest BCUT2D eigenvalue weighted by Crippen LogP contribution is 2.50. The lowest BCUT2D eigenvalue weighted by Crippen LogP contribution is -2.26. The van der Waals surface area contributed by atoms with Crippen LogP contribution in [0.3, 0.4) is 0 Å². The Morgan fingerprint density at radius 1 is 0.841 bits per heavy atom. The quantitative estimate of drug-likeness (QED) is 0.251. The van der Waals surface area contributed by atoms with Crippen molar-refractivity contribution in [2.75, 3.05) is 52.7 Å². The summed E-state index contributed by atoms with van der Waals surface area (Å²) in [6.07, 6.45) is 1.88. The molecule has 1 atom stereocenters. The van der Waals surface area contributed by atoms with Gasteiger partial charge in [0.2, 0.25) is 23.0 Å². The topological polar surface area (TPSA) is 133 Å². The van der Waals surface area contributed by atoms with Gasteiger partial charge in [0, 0.05) is 31.5 Å². The minimum absolute atomic E-state index is 0.186. The van der Waals surface area contributed by atoms with Crippen molar-refractivity contribution in [2.45, 2.75) is 38.6 Å². The third-order valence-electron chi connectivity index (χ3n) is 7.49. The molecule has 0 saturated carbocycles. The monoisotopic (exact) mass is 605 g/mol. The van der Waals surface area contributed by atoms with Gasteiger partial charge in [0.15, 0.2) is 11.5 Å². The second-order valence-electron chi connectivity index (χ2n) is 10.2. The van der Waals surface area contributed by atoms with Crippen LogP contribution in [0.5, 0.6) is 28.7 Å². The molecule has 0 aromatic heterocycles. The number of hydrogen-bond donors (Lipinski definition) is 3. The van der Waals surface area contributed by atoms with Gasteiger partial charge in [0.25, 0.3) is 0 Å². The van der Waals surface area contributed by atoms with Crippen molar-refractivity contribution < 1.29 is 33.3 Å². The first-order chi connectivity index (χ1) is 21.2. The van der Waals surface area contributed by atoms with E-state index in [4.69, 9.17) is 23.7 Å². The summed E-state index contributed by atoms with van der Waals surface area (Å²) in [6.45, 7) is 1.84. The molecule has 2 amide bonds. The van der Waals surface area contributed by atoms with Gasteiger partial charge in [0.05, 0.1) is 53.0 Å². The number of benzene rings is 2. The van der Waals surface area contributed by atoms with Gasteiger partial charge in [-0.15, -0.1) is 0 Å². The third-order valence-corrected chi connectivity index (χ3v) is 7.49. The van der Waals surface area contributed by atoms with E-state index in [1.807, 2.05) is 12.1 Å². The summed E-state index contributed by atoms with van der Waals surface area (Å²) < 4.78 is 27.6. The second-order valence-corrected chi connectivity index (χ2v) is 10.2. The molecule has 3 aromatic rings. The third kappa shape index (κ3) is 6.99. The van der Waals surface area contributed by atoms with E-state index in [0.717, 1.165) is 16.7 Å². The molecule has 0 bridgehead atoms. The smallest absolute Gasteiger partial charge is 0.224 e. The number of carbonyl (C=O) groups is 2. The van der Waals surface area contributed by atoms with Crippen LogP contribution in [-0.2, 0) is 16.0 Å². The van der Waals surface area contributed by atoms with Crippen molar-refractivity contribution >= 4 is 23.2 Å². The van der Waals surface area contributed by atoms with Crippen molar-refractivity contribution in [1.82, 2.24) is 5.32 Å². The summed E-state index contributed by atoms with van der Waals surface area (Å²) in [4.78, 5) is 38.2. The van der Waals surface area contributed by atoms with Crippen LogP contribution < -0.4 is 45.1 Å². The highest BCUT2D eigenvalue weighted by molar-refractivity contribution is 5.92. The Kier molecular flexibility index (Phi) is 10.5. The molecule has 0 spiro atoms. The molecule has 0 heterocycles. The molecule has 1 aliphatic carbocycles. The fourth-order valence-electron chi connectivity index (χ4n) is 5.44. The highest BCUT2D eigenvalue weighted by atomic mass is 16.5. The van der Waals surface area contributed by atoms with Gasteiger partial charge in [-0.05, 0) is 66.3 Å². The van der Waals surface area contributed by atoms with Crippen molar-refractivity contribution in [3.8, 4) is 39.9 Å². The van der Waals surface area contributed by atoms with Gasteiger partial charge in [-0.3, -0.25) is 14.4 Å². The minimum atomic E-state index is -0.400. The number of amides is 2. The molecule has 44 heavy (non-hydrogen) atoms. The van der Waals surface area contributed by atoms with Crippen molar-refractivity contribution in [1.29, 1.82) is 0 Å². The standard InChI is InChI=1S/C33H39N3O8/c1-19(37)35-24-12-9-20-16-29(42-4)32(43-5)33(44-6)31(20)22-11-14-25(27(38)18-23(22)24)34-15-7-8-30(39)36-26-13-10-21(40-2)17-28(26)41-3/h10-11,13-14,16-18,24H,7-9,12,15H2,1-6H3,(H,34,38)(H,35,37)(H,36,39)/t24-/m1/s1. The zero-order chi connectivity index (χ0) is 31.8. The van der Waals surface area contributed by atoms with Crippen LogP contribution in [0, 0.1) is 0 Å². The number of rotatable bonds is 12. The fourth-order valence-corrected chi connectivity index (χ4v) is 5.44. The molecule has 4 rings (SSSR count). The lowest BCUT2D eigenvalue weighted by molar-refractivity contribution is -0.119. The maximum atomic E-state index is 13.5. The van der Waals surface area contributed by atoms with E-state index in [9.17, 15) is 14.4 Å². The maximum absolute atomic E-state index is 13.5. The van der Waals surface area contributed by atoms with Gasteiger partial charge >= 0.3 is 0 Å². The van der Waals surface area contributed by atoms with E-state index in [0.29, 0.717) is 71.5 Å². The normalized spacial score (nSPS) is 13.4. The molecule has 3 aromatic carbocycles. The predicted octanol–water partition coefficient (Wildman–Crippen LogP) is 4.71. The average molecular weight is 606 g/mol. The van der Waals surface area contributed by atoms with E-state index in [2.05, 4.69) is 16.0 Å². The molecule has 11 heteroatoms. The van der Waals surface area contributed by atoms with Gasteiger partial charge < -0.3 is 39.6 Å². The summed E-state index contributed by atoms with van der Waals surface area (Å²) in [7, 11) is 7.75. The predicted molar refractivity (Wildman–Crippen MR) is 169 cm³/mol. The number of fused-ring (bicyclic) bond motifs is 3. The summed E-state index contributed by atoms with van der Waals surface area (Å²) in [5.74, 6) is 2.19. The van der Waals surface area contributed by atoms with E-state index in [1.165, 1.54) is 14.0 Å². The number of hydrogen-bond acceptors (Lipinski definition) is 9. The largest absolute Gasteiger partial charge is 0.497 e. The second kappa shape index (κ2) is 14.5. The summed E-state index contributed by atoms with van der Waals surface area (Å²) >= 11 is 0. The lowest BCUT2D eigenvalue weighted by atomic mass is 9.95. The Morgan fingerprint density at radius 2 is 1.57 bits per heavy atom. The van der Waals surface area contributed by atoms with Crippen LogP contribution in [-0.4, -0.2) is 53.9 Å². The van der Waals surface area contributed by atoms with E-state index >= 15 is 0 Å². The molecule has 11 nitrogen and oxygen atoms in total. The number of nitrogens with one attached hydrogen (secondary N) is 3. The minimum Gasteiger partial charge on any atom is -0.497 e. The van der Waals surface area contributed by atoms with Crippen LogP contribution in [0.4, 0.5) is 11.4 Å². The molecule has 0 radical (unpaired) electrons. The van der Waals surface area contributed by atoms with E-state index in [-0.39, 0.29) is 23.7 Å². The van der Waals surface area contributed by atoms with Crippen molar-refractivity contribution in [3.63, 3.8) is 0 Å². The lowest BCUT2D eigenvalue weighted by Gasteiger charge is -2.19. The molecule has 0 saturated heterocycles.